The average Bonchev–Trinajstić information content (AvgIpc) is 2.48. The summed E-state index contributed by atoms with van der Waals surface area (Å²) < 4.78 is 5.39. The Morgan fingerprint density at radius 3 is 2.70 bits per heavy atom. The molecule has 2 unspecified atom stereocenters. The predicted octanol–water partition coefficient (Wildman–Crippen LogP) is 2.70. The van der Waals surface area contributed by atoms with E-state index in [0.717, 1.165) is 0 Å². The molecule has 2 heterocycles. The smallest absolute Gasteiger partial charge is 0.158 e. The quantitative estimate of drug-likeness (QED) is 0.924. The number of pyridine rings is 1. The molecule has 0 fully saturated rings. The number of hydrogen-bond donors (Lipinski definition) is 1. The van der Waals surface area contributed by atoms with E-state index < -0.39 is 11.7 Å². The number of fused-ring (bicyclic) bond motifs is 1. The lowest BCUT2D eigenvalue weighted by Crippen LogP contribution is -2.44. The number of aliphatic hydroxyl groups is 1. The van der Waals surface area contributed by atoms with Crippen molar-refractivity contribution in [3.05, 3.63) is 58.7 Å². The summed E-state index contributed by atoms with van der Waals surface area (Å²) in [5.74, 6) is 0.498. The van der Waals surface area contributed by atoms with Gasteiger partial charge < -0.3 is 9.84 Å². The molecule has 0 saturated carbocycles. The molecule has 4 nitrogen and oxygen atoms in total. The van der Waals surface area contributed by atoms with E-state index in [1.54, 1.807) is 55.9 Å². The van der Waals surface area contributed by atoms with Crippen LogP contribution in [0.3, 0.4) is 0 Å². The summed E-state index contributed by atoms with van der Waals surface area (Å²) in [6.07, 6.45) is 2.63. The number of hydrogen-bond acceptors (Lipinski definition) is 4. The van der Waals surface area contributed by atoms with E-state index in [2.05, 4.69) is 9.98 Å². The zero-order valence-corrected chi connectivity index (χ0v) is 11.6. The fourth-order valence-corrected chi connectivity index (χ4v) is 2.58. The monoisotopic (exact) mass is 288 g/mol. The van der Waals surface area contributed by atoms with Crippen molar-refractivity contribution in [2.24, 2.45) is 4.99 Å². The third-order valence-electron chi connectivity index (χ3n) is 3.48. The standard InChI is InChI=1S/C15H13ClN2O2/c1-20-13-9-18-14-12(3-2-8-17-14)15(13,19)10-4-6-11(16)7-5-10/h2-9,13,19H,1H3. The first-order chi connectivity index (χ1) is 9.66. The Morgan fingerprint density at radius 2 is 2.00 bits per heavy atom. The van der Waals surface area contributed by atoms with E-state index in [1.807, 2.05) is 0 Å². The molecule has 0 amide bonds. The number of rotatable bonds is 2. The van der Waals surface area contributed by atoms with Gasteiger partial charge in [0.1, 0.15) is 11.7 Å². The molecule has 0 spiro atoms. The van der Waals surface area contributed by atoms with Crippen LogP contribution in [0.1, 0.15) is 11.1 Å². The second-order valence-electron chi connectivity index (χ2n) is 4.58. The highest BCUT2D eigenvalue weighted by Gasteiger charge is 2.44. The zero-order chi connectivity index (χ0) is 14.2. The van der Waals surface area contributed by atoms with Gasteiger partial charge in [-0.25, -0.2) is 9.98 Å². The maximum atomic E-state index is 11.2. The Morgan fingerprint density at radius 1 is 1.25 bits per heavy atom. The molecular weight excluding hydrogens is 276 g/mol. The zero-order valence-electron chi connectivity index (χ0n) is 10.8. The minimum absolute atomic E-state index is 0.498. The summed E-state index contributed by atoms with van der Waals surface area (Å²) in [5.41, 5.74) is -0.0177. The number of aliphatic imine (C=N–C) groups is 1. The lowest BCUT2D eigenvalue weighted by molar-refractivity contribution is -0.0349. The fraction of sp³-hybridized carbons (Fsp3) is 0.200. The Kier molecular flexibility index (Phi) is 3.30. The number of aromatic nitrogens is 1. The molecule has 1 aliphatic heterocycles. The van der Waals surface area contributed by atoms with Crippen molar-refractivity contribution in [1.29, 1.82) is 0 Å². The van der Waals surface area contributed by atoms with Crippen LogP contribution in [0.2, 0.25) is 5.02 Å². The van der Waals surface area contributed by atoms with Crippen LogP contribution in [-0.4, -0.2) is 29.5 Å². The summed E-state index contributed by atoms with van der Waals surface area (Å²) in [6, 6.07) is 10.6. The molecular formula is C15H13ClN2O2. The van der Waals surface area contributed by atoms with Gasteiger partial charge in [0.05, 0.1) is 0 Å². The van der Waals surface area contributed by atoms with Crippen molar-refractivity contribution in [1.82, 2.24) is 4.98 Å². The molecule has 0 aliphatic carbocycles. The highest BCUT2D eigenvalue weighted by molar-refractivity contribution is 6.30. The lowest BCUT2D eigenvalue weighted by atomic mass is 9.80. The van der Waals surface area contributed by atoms with Gasteiger partial charge in [0.15, 0.2) is 5.82 Å². The van der Waals surface area contributed by atoms with Crippen LogP contribution in [0.15, 0.2) is 47.6 Å². The van der Waals surface area contributed by atoms with E-state index in [4.69, 9.17) is 16.3 Å². The van der Waals surface area contributed by atoms with E-state index >= 15 is 0 Å². The number of halogens is 1. The van der Waals surface area contributed by atoms with Crippen molar-refractivity contribution in [2.75, 3.05) is 7.11 Å². The number of benzene rings is 1. The molecule has 1 N–H and O–H groups in total. The van der Waals surface area contributed by atoms with Crippen molar-refractivity contribution < 1.29 is 9.84 Å². The molecule has 5 heteroatoms. The second kappa shape index (κ2) is 4.98. The predicted molar refractivity (Wildman–Crippen MR) is 77.6 cm³/mol. The molecule has 0 bridgehead atoms. The van der Waals surface area contributed by atoms with E-state index in [-0.39, 0.29) is 0 Å². The SMILES string of the molecule is COC1C=Nc2ncccc2C1(O)c1ccc(Cl)cc1. The molecule has 1 aromatic heterocycles. The Balaban J connectivity index is 2.21. The third-order valence-corrected chi connectivity index (χ3v) is 3.73. The van der Waals surface area contributed by atoms with Gasteiger partial charge in [-0.05, 0) is 23.8 Å². The van der Waals surface area contributed by atoms with E-state index in [0.29, 0.717) is 22.0 Å². The third kappa shape index (κ3) is 1.93. The van der Waals surface area contributed by atoms with Gasteiger partial charge in [-0.15, -0.1) is 0 Å². The highest BCUT2D eigenvalue weighted by Crippen LogP contribution is 2.40. The molecule has 2 aromatic rings. The molecule has 0 saturated heterocycles. The number of methoxy groups -OCH3 is 1. The van der Waals surface area contributed by atoms with Crippen molar-refractivity contribution >= 4 is 23.6 Å². The molecule has 1 aromatic carbocycles. The largest absolute Gasteiger partial charge is 0.377 e. The normalized spacial score (nSPS) is 24.4. The van der Waals surface area contributed by atoms with Crippen LogP contribution in [0.4, 0.5) is 5.82 Å². The maximum Gasteiger partial charge on any atom is 0.158 e. The first kappa shape index (κ1) is 13.2. The van der Waals surface area contributed by atoms with Gasteiger partial charge in [0, 0.05) is 30.1 Å². The van der Waals surface area contributed by atoms with Crippen molar-refractivity contribution in [3.8, 4) is 0 Å². The Bertz CT molecular complexity index is 657. The first-order valence-corrected chi connectivity index (χ1v) is 6.55. The van der Waals surface area contributed by atoms with Gasteiger partial charge in [-0.2, -0.15) is 0 Å². The molecule has 0 radical (unpaired) electrons. The Hall–Kier alpha value is -1.75. The van der Waals surface area contributed by atoms with E-state index in [9.17, 15) is 5.11 Å². The van der Waals surface area contributed by atoms with Gasteiger partial charge >= 0.3 is 0 Å². The number of nitrogens with zero attached hydrogens (tertiary/aromatic N) is 2. The van der Waals surface area contributed by atoms with Crippen LogP contribution >= 0.6 is 11.6 Å². The van der Waals surface area contributed by atoms with Crippen molar-refractivity contribution in [3.63, 3.8) is 0 Å². The van der Waals surface area contributed by atoms with Crippen molar-refractivity contribution in [2.45, 2.75) is 11.7 Å². The van der Waals surface area contributed by atoms with Gasteiger partial charge in [-0.3, -0.25) is 0 Å². The summed E-state index contributed by atoms with van der Waals surface area (Å²) in [6.45, 7) is 0. The molecule has 20 heavy (non-hydrogen) atoms. The first-order valence-electron chi connectivity index (χ1n) is 6.17. The van der Waals surface area contributed by atoms with Gasteiger partial charge in [-0.1, -0.05) is 29.8 Å². The van der Waals surface area contributed by atoms with Gasteiger partial charge in [0.25, 0.3) is 0 Å². The molecule has 2 atom stereocenters. The summed E-state index contributed by atoms with van der Waals surface area (Å²) >= 11 is 5.91. The molecule has 102 valence electrons. The summed E-state index contributed by atoms with van der Waals surface area (Å²) in [4.78, 5) is 8.42. The summed E-state index contributed by atoms with van der Waals surface area (Å²) in [5, 5.41) is 11.9. The maximum absolute atomic E-state index is 11.2. The minimum atomic E-state index is -1.33. The fourth-order valence-electron chi connectivity index (χ4n) is 2.45. The van der Waals surface area contributed by atoms with Crippen LogP contribution < -0.4 is 0 Å². The average molecular weight is 289 g/mol. The number of ether oxygens (including phenoxy) is 1. The van der Waals surface area contributed by atoms with Crippen LogP contribution in [-0.2, 0) is 10.3 Å². The van der Waals surface area contributed by atoms with Crippen LogP contribution in [0.25, 0.3) is 0 Å². The summed E-state index contributed by atoms with van der Waals surface area (Å²) in [7, 11) is 1.54. The highest BCUT2D eigenvalue weighted by atomic mass is 35.5. The van der Waals surface area contributed by atoms with Gasteiger partial charge in [0.2, 0.25) is 0 Å². The minimum Gasteiger partial charge on any atom is -0.377 e. The molecule has 1 aliphatic rings. The topological polar surface area (TPSA) is 54.7 Å². The Labute approximate surface area is 121 Å². The second-order valence-corrected chi connectivity index (χ2v) is 5.02. The van der Waals surface area contributed by atoms with Crippen LogP contribution in [0, 0.1) is 0 Å². The van der Waals surface area contributed by atoms with E-state index in [1.165, 1.54) is 0 Å². The molecule has 3 rings (SSSR count). The lowest BCUT2D eigenvalue weighted by Gasteiger charge is -2.36. The van der Waals surface area contributed by atoms with Crippen LogP contribution in [0.5, 0.6) is 0 Å².